The van der Waals surface area contributed by atoms with Gasteiger partial charge in [-0.05, 0) is 18.2 Å². The average Bonchev–Trinajstić information content (AvgIpc) is 3.30. The van der Waals surface area contributed by atoms with Crippen LogP contribution in [0.2, 0.25) is 0 Å². The average molecular weight is 953 g/mol. The van der Waals surface area contributed by atoms with E-state index in [1.165, 1.54) is 0 Å². The number of carbonyl (C=O) groups is 5. The SMILES string of the molecule is O=C(O)c1cc(O)c(O)c(O)c1Oc1cc2c(c(O)c1O)-c1c(cc(O)c(O)c1O)C(=O)O[C@H]1[C@H]3OC(=O)c4cc(O)c(O)c(O)c4-c4c(cc(O)c(O)c4O)C(=O)O[C@@H]3[C@@H](O)O[C@@H]1COC2=O. The fraction of sp³-hybridized carbons (Fsp3) is 0.146. The molecule has 3 aliphatic rings. The number of hydrogen-bond acceptors (Lipinski definition) is 26. The molecule has 27 heteroatoms. The number of phenols is 14. The second kappa shape index (κ2) is 15.8. The van der Waals surface area contributed by atoms with Gasteiger partial charge in [0.05, 0.1) is 22.3 Å². The van der Waals surface area contributed by atoms with Crippen molar-refractivity contribution in [3.63, 3.8) is 0 Å². The summed E-state index contributed by atoms with van der Waals surface area (Å²) in [7, 11) is 0. The molecular weight excluding hydrogens is 924 g/mol. The Bertz CT molecular complexity index is 3100. The van der Waals surface area contributed by atoms with Gasteiger partial charge in [-0.15, -0.1) is 0 Å². The first-order chi connectivity index (χ1) is 31.9. The monoisotopic (exact) mass is 952 g/mol. The van der Waals surface area contributed by atoms with Crippen LogP contribution in [0.4, 0.5) is 0 Å². The van der Waals surface area contributed by atoms with Crippen LogP contribution in [0.3, 0.4) is 0 Å². The lowest BCUT2D eigenvalue weighted by molar-refractivity contribution is -0.284. The zero-order chi connectivity index (χ0) is 49.7. The van der Waals surface area contributed by atoms with E-state index in [9.17, 15) is 106 Å². The summed E-state index contributed by atoms with van der Waals surface area (Å²) in [5.41, 5.74) is -9.78. The summed E-state index contributed by atoms with van der Waals surface area (Å²) in [6.45, 7) is -1.25. The molecule has 0 amide bonds. The normalized spacial score (nSPS) is 19.9. The number of rotatable bonds is 3. The molecule has 0 aliphatic carbocycles. The largest absolute Gasteiger partial charge is 0.504 e. The van der Waals surface area contributed by atoms with Gasteiger partial charge in [-0.1, -0.05) is 0 Å². The standard InChI is InChI=1S/C41H28O27/c42-12-1-7-20(29(53)24(12)48)21-10(5-16(26(50)30(21)54)64-32-11(36(56)57)4-15(45)25(49)31(32)55)37(58)63-6-17-33(66-38(7)59)34-35(41(62)65-17)68-40(61)9-3-14(44)23(47)28(52)19(9)18-8(39(60)67-34)2-13(43)22(46)27(18)51/h1-5,17,33-35,41-55,62H,6H2,(H,56,57)/t17-,33-,34-,35+,41+/m1/s1. The second-order valence-electron chi connectivity index (χ2n) is 14.7. The van der Waals surface area contributed by atoms with Crippen molar-refractivity contribution in [2.75, 3.05) is 6.61 Å². The number of aliphatic hydroxyl groups is 1. The van der Waals surface area contributed by atoms with Crippen LogP contribution in [0.15, 0.2) is 30.3 Å². The van der Waals surface area contributed by atoms with Gasteiger partial charge in [-0.3, -0.25) is 0 Å². The third-order valence-corrected chi connectivity index (χ3v) is 10.7. The Kier molecular flexibility index (Phi) is 10.5. The lowest BCUT2D eigenvalue weighted by Crippen LogP contribution is -2.62. The number of hydrogen-bond donors (Lipinski definition) is 16. The number of fused-ring (bicyclic) bond motifs is 9. The summed E-state index contributed by atoms with van der Waals surface area (Å²) in [5, 5.41) is 170. The maximum absolute atomic E-state index is 14.4. The first kappa shape index (κ1) is 45.0. The minimum Gasteiger partial charge on any atom is -0.504 e. The van der Waals surface area contributed by atoms with E-state index in [1.807, 2.05) is 0 Å². The molecule has 5 aromatic carbocycles. The van der Waals surface area contributed by atoms with E-state index >= 15 is 0 Å². The highest BCUT2D eigenvalue weighted by molar-refractivity contribution is 6.10. The van der Waals surface area contributed by atoms with E-state index in [4.69, 9.17) is 28.4 Å². The number of phenolic OH excluding ortho intramolecular Hbond substituents is 14. The molecule has 1 saturated heterocycles. The van der Waals surface area contributed by atoms with Crippen LogP contribution in [0, 0.1) is 0 Å². The van der Waals surface area contributed by atoms with Crippen molar-refractivity contribution >= 4 is 29.8 Å². The van der Waals surface area contributed by atoms with Crippen LogP contribution in [-0.4, -0.2) is 149 Å². The van der Waals surface area contributed by atoms with Crippen LogP contribution >= 0.6 is 0 Å². The Balaban J connectivity index is 1.30. The number of aromatic hydroxyl groups is 14. The quantitative estimate of drug-likeness (QED) is 0.0693. The van der Waals surface area contributed by atoms with Gasteiger partial charge in [-0.25, -0.2) is 24.0 Å². The molecule has 1 fully saturated rings. The van der Waals surface area contributed by atoms with E-state index in [2.05, 4.69) is 0 Å². The van der Waals surface area contributed by atoms with E-state index in [0.29, 0.717) is 30.3 Å². The summed E-state index contributed by atoms with van der Waals surface area (Å²) in [5.74, 6) is -30.6. The summed E-state index contributed by atoms with van der Waals surface area (Å²) in [4.78, 5) is 68.6. The lowest BCUT2D eigenvalue weighted by Gasteiger charge is -2.43. The fourth-order valence-corrected chi connectivity index (χ4v) is 7.53. The van der Waals surface area contributed by atoms with E-state index in [1.54, 1.807) is 0 Å². The van der Waals surface area contributed by atoms with Gasteiger partial charge in [0.2, 0.25) is 34.5 Å². The van der Waals surface area contributed by atoms with Crippen molar-refractivity contribution in [1.29, 1.82) is 0 Å². The van der Waals surface area contributed by atoms with E-state index < -0.39 is 209 Å². The van der Waals surface area contributed by atoms with Gasteiger partial charge >= 0.3 is 29.8 Å². The van der Waals surface area contributed by atoms with Gasteiger partial charge in [0.25, 0.3) is 0 Å². The Morgan fingerprint density at radius 3 is 1.31 bits per heavy atom. The maximum Gasteiger partial charge on any atom is 0.339 e. The molecule has 5 atom stereocenters. The Morgan fingerprint density at radius 1 is 0.471 bits per heavy atom. The highest BCUT2D eigenvalue weighted by atomic mass is 16.7. The maximum atomic E-state index is 14.4. The van der Waals surface area contributed by atoms with Crippen molar-refractivity contribution in [1.82, 2.24) is 0 Å². The Labute approximate surface area is 373 Å². The van der Waals surface area contributed by atoms with Gasteiger partial charge in [0, 0.05) is 34.4 Å². The summed E-state index contributed by atoms with van der Waals surface area (Å²) < 4.78 is 32.7. The number of aliphatic hydroxyl groups excluding tert-OH is 1. The first-order valence-corrected chi connectivity index (χ1v) is 18.7. The zero-order valence-corrected chi connectivity index (χ0v) is 33.1. The van der Waals surface area contributed by atoms with Crippen molar-refractivity contribution in [2.24, 2.45) is 0 Å². The summed E-state index contributed by atoms with van der Waals surface area (Å²) >= 11 is 0. The third-order valence-electron chi connectivity index (χ3n) is 10.7. The molecule has 0 spiro atoms. The number of aromatic carboxylic acids is 1. The van der Waals surface area contributed by atoms with Crippen LogP contribution in [-0.2, 0) is 23.7 Å². The minimum absolute atomic E-state index is 0.376. The number of carboxylic acids is 1. The molecule has 68 heavy (non-hydrogen) atoms. The van der Waals surface area contributed by atoms with Crippen LogP contribution in [0.5, 0.6) is 92.0 Å². The van der Waals surface area contributed by atoms with Crippen LogP contribution in [0.1, 0.15) is 51.8 Å². The molecule has 27 nitrogen and oxygen atoms in total. The molecule has 8 rings (SSSR count). The first-order valence-electron chi connectivity index (χ1n) is 18.7. The van der Waals surface area contributed by atoms with Crippen molar-refractivity contribution < 1.29 is 134 Å². The van der Waals surface area contributed by atoms with Crippen molar-refractivity contribution in [3.05, 3.63) is 58.1 Å². The summed E-state index contributed by atoms with van der Waals surface area (Å²) in [6, 6.07) is 2.09. The predicted octanol–water partition coefficient (Wildman–Crippen LogP) is 1.57. The van der Waals surface area contributed by atoms with Gasteiger partial charge in [0.1, 0.15) is 18.3 Å². The minimum atomic E-state index is -2.52. The fourth-order valence-electron chi connectivity index (χ4n) is 7.53. The molecule has 3 heterocycles. The number of esters is 4. The van der Waals surface area contributed by atoms with Gasteiger partial charge in [0.15, 0.2) is 82.1 Å². The zero-order valence-electron chi connectivity index (χ0n) is 33.1. The molecule has 0 radical (unpaired) electrons. The number of ether oxygens (including phenoxy) is 6. The molecule has 0 aromatic heterocycles. The highest BCUT2D eigenvalue weighted by Gasteiger charge is 2.54. The topological polar surface area (TPSA) is 464 Å². The number of carbonyl (C=O) groups excluding carboxylic acids is 4. The molecule has 0 unspecified atom stereocenters. The smallest absolute Gasteiger partial charge is 0.339 e. The van der Waals surface area contributed by atoms with E-state index in [-0.39, 0.29) is 0 Å². The van der Waals surface area contributed by atoms with Gasteiger partial charge in [-0.2, -0.15) is 0 Å². The third kappa shape index (κ3) is 6.80. The second-order valence-corrected chi connectivity index (χ2v) is 14.7. The lowest BCUT2D eigenvalue weighted by atomic mass is 9.91. The predicted molar refractivity (Wildman–Crippen MR) is 209 cm³/mol. The molecule has 0 bridgehead atoms. The van der Waals surface area contributed by atoms with Crippen molar-refractivity contribution in [3.8, 4) is 114 Å². The Morgan fingerprint density at radius 2 is 0.853 bits per heavy atom. The van der Waals surface area contributed by atoms with E-state index in [0.717, 1.165) is 0 Å². The van der Waals surface area contributed by atoms with Gasteiger partial charge < -0.3 is 110 Å². The molecule has 5 aromatic rings. The van der Waals surface area contributed by atoms with Crippen molar-refractivity contribution in [2.45, 2.75) is 30.7 Å². The molecular formula is C41H28O27. The molecule has 3 aliphatic heterocycles. The number of cyclic esters (lactones) is 1. The summed E-state index contributed by atoms with van der Waals surface area (Å²) in [6.07, 6.45) is -11.7. The number of carboxylic acid groups (broad SMARTS) is 1. The number of benzene rings is 5. The molecule has 354 valence electrons. The highest BCUT2D eigenvalue weighted by Crippen LogP contribution is 2.56. The molecule has 16 N–H and O–H groups in total. The Hall–Kier alpha value is -9.63. The van der Waals surface area contributed by atoms with Crippen LogP contribution in [0.25, 0.3) is 22.3 Å². The van der Waals surface area contributed by atoms with Crippen LogP contribution < -0.4 is 4.74 Å². The molecule has 0 saturated carbocycles.